The van der Waals surface area contributed by atoms with Crippen molar-refractivity contribution < 1.29 is 19.0 Å². The highest BCUT2D eigenvalue weighted by atomic mass is 19.1. The van der Waals surface area contributed by atoms with Gasteiger partial charge in [0.15, 0.2) is 0 Å². The molecule has 0 aliphatic heterocycles. The van der Waals surface area contributed by atoms with Crippen molar-refractivity contribution in [3.63, 3.8) is 0 Å². The van der Waals surface area contributed by atoms with Gasteiger partial charge in [0.1, 0.15) is 5.82 Å². The van der Waals surface area contributed by atoms with Gasteiger partial charge in [-0.15, -0.1) is 0 Å². The minimum atomic E-state index is -0.669. The number of nitrogens with zero attached hydrogens (tertiary/aromatic N) is 1. The number of likely N-dealkylation sites (N-methyl/N-ethyl adjacent to an activating group) is 1. The predicted octanol–water partition coefficient (Wildman–Crippen LogP) is 1.39. The molecule has 1 aliphatic carbocycles. The third kappa shape index (κ3) is 3.55. The number of aliphatic hydroxyl groups excluding tert-OH is 1. The van der Waals surface area contributed by atoms with Gasteiger partial charge in [-0.05, 0) is 30.0 Å². The molecule has 1 fully saturated rings. The molecule has 1 aromatic rings. The lowest BCUT2D eigenvalue weighted by Gasteiger charge is -2.20. The van der Waals surface area contributed by atoms with Crippen molar-refractivity contribution in [2.45, 2.75) is 18.4 Å². The summed E-state index contributed by atoms with van der Waals surface area (Å²) in [5, 5.41) is 9.62. The van der Waals surface area contributed by atoms with Crippen LogP contribution in [0.25, 0.3) is 0 Å². The molecule has 1 aromatic carbocycles. The van der Waals surface area contributed by atoms with Crippen molar-refractivity contribution in [3.8, 4) is 0 Å². The number of ether oxygens (including phenoxy) is 1. The van der Waals surface area contributed by atoms with E-state index in [1.54, 1.807) is 19.2 Å². The summed E-state index contributed by atoms with van der Waals surface area (Å²) in [6, 6.07) is 6.29. The first-order chi connectivity index (χ1) is 9.52. The van der Waals surface area contributed by atoms with Crippen LogP contribution in [0.3, 0.4) is 0 Å². The minimum Gasteiger partial charge on any atom is -0.389 e. The molecule has 20 heavy (non-hydrogen) atoms. The lowest BCUT2D eigenvalue weighted by molar-refractivity contribution is -0.133. The van der Waals surface area contributed by atoms with E-state index in [1.165, 1.54) is 24.1 Å². The molecule has 0 radical (unpaired) electrons. The molecule has 1 amide bonds. The fourth-order valence-corrected chi connectivity index (χ4v) is 2.48. The summed E-state index contributed by atoms with van der Waals surface area (Å²) < 4.78 is 17.7. The molecular formula is C15H20FNO3. The van der Waals surface area contributed by atoms with Crippen LogP contribution in [0.5, 0.6) is 0 Å². The Labute approximate surface area is 118 Å². The van der Waals surface area contributed by atoms with Gasteiger partial charge < -0.3 is 14.7 Å². The van der Waals surface area contributed by atoms with E-state index in [0.29, 0.717) is 0 Å². The second-order valence-corrected chi connectivity index (χ2v) is 5.33. The van der Waals surface area contributed by atoms with E-state index in [2.05, 4.69) is 0 Å². The van der Waals surface area contributed by atoms with Crippen LogP contribution in [0.2, 0.25) is 0 Å². The maximum absolute atomic E-state index is 12.9. The zero-order chi connectivity index (χ0) is 14.7. The average Bonchev–Trinajstić information content (AvgIpc) is 3.19. The molecule has 3 atom stereocenters. The SMILES string of the molecule is COC[C@H](O)CN(C)C(=O)[C@H]1C[C@H]1c1ccc(F)cc1. The van der Waals surface area contributed by atoms with E-state index in [0.717, 1.165) is 12.0 Å². The van der Waals surface area contributed by atoms with Gasteiger partial charge in [0.25, 0.3) is 0 Å². The summed E-state index contributed by atoms with van der Waals surface area (Å²) in [4.78, 5) is 13.7. The molecule has 0 heterocycles. The number of carbonyl (C=O) groups is 1. The van der Waals surface area contributed by atoms with Crippen molar-refractivity contribution in [1.29, 1.82) is 0 Å². The summed E-state index contributed by atoms with van der Waals surface area (Å²) in [5.74, 6) is -0.128. The van der Waals surface area contributed by atoms with E-state index < -0.39 is 6.10 Å². The number of halogens is 1. The third-order valence-electron chi connectivity index (χ3n) is 3.63. The quantitative estimate of drug-likeness (QED) is 0.857. The lowest BCUT2D eigenvalue weighted by Crippen LogP contribution is -2.37. The van der Waals surface area contributed by atoms with E-state index in [9.17, 15) is 14.3 Å². The van der Waals surface area contributed by atoms with E-state index in [1.807, 2.05) is 0 Å². The van der Waals surface area contributed by atoms with Crippen LogP contribution in [0, 0.1) is 11.7 Å². The van der Waals surface area contributed by atoms with Crippen molar-refractivity contribution in [2.75, 3.05) is 27.3 Å². The first kappa shape index (κ1) is 14.9. The number of benzene rings is 1. The summed E-state index contributed by atoms with van der Waals surface area (Å²) >= 11 is 0. The number of carbonyl (C=O) groups excluding carboxylic acids is 1. The van der Waals surface area contributed by atoms with Crippen molar-refractivity contribution >= 4 is 5.91 Å². The Balaban J connectivity index is 1.87. The second kappa shape index (κ2) is 6.33. The maximum atomic E-state index is 12.9. The predicted molar refractivity (Wildman–Crippen MR) is 72.8 cm³/mol. The van der Waals surface area contributed by atoms with Crippen LogP contribution in [0.15, 0.2) is 24.3 Å². The molecule has 0 unspecified atom stereocenters. The van der Waals surface area contributed by atoms with Gasteiger partial charge >= 0.3 is 0 Å². The maximum Gasteiger partial charge on any atom is 0.226 e. The standard InChI is InChI=1S/C15H20FNO3/c1-17(8-12(18)9-20-2)15(19)14-7-13(14)10-3-5-11(16)6-4-10/h3-6,12-14,18H,7-9H2,1-2H3/t12-,13+,14+/m1/s1. The average molecular weight is 281 g/mol. The highest BCUT2D eigenvalue weighted by molar-refractivity contribution is 5.82. The van der Waals surface area contributed by atoms with Gasteiger partial charge in [0.05, 0.1) is 12.7 Å². The normalized spacial score (nSPS) is 22.4. The van der Waals surface area contributed by atoms with Crippen LogP contribution >= 0.6 is 0 Å². The van der Waals surface area contributed by atoms with Gasteiger partial charge in [-0.1, -0.05) is 12.1 Å². The third-order valence-corrected chi connectivity index (χ3v) is 3.63. The van der Waals surface area contributed by atoms with Crippen molar-refractivity contribution in [1.82, 2.24) is 4.90 Å². The van der Waals surface area contributed by atoms with Gasteiger partial charge in [0, 0.05) is 26.6 Å². The number of hydrogen-bond acceptors (Lipinski definition) is 3. The van der Waals surface area contributed by atoms with Crippen molar-refractivity contribution in [2.24, 2.45) is 5.92 Å². The zero-order valence-corrected chi connectivity index (χ0v) is 11.8. The smallest absolute Gasteiger partial charge is 0.226 e. The van der Waals surface area contributed by atoms with E-state index >= 15 is 0 Å². The van der Waals surface area contributed by atoms with E-state index in [4.69, 9.17) is 4.74 Å². The summed E-state index contributed by atoms with van der Waals surface area (Å²) in [5.41, 5.74) is 0.996. The van der Waals surface area contributed by atoms with Gasteiger partial charge in [-0.2, -0.15) is 0 Å². The topological polar surface area (TPSA) is 49.8 Å². The zero-order valence-electron chi connectivity index (χ0n) is 11.8. The molecule has 1 saturated carbocycles. The fourth-order valence-electron chi connectivity index (χ4n) is 2.48. The molecular weight excluding hydrogens is 261 g/mol. The Kier molecular flexibility index (Phi) is 4.73. The van der Waals surface area contributed by atoms with Gasteiger partial charge in [-0.25, -0.2) is 4.39 Å². The van der Waals surface area contributed by atoms with Gasteiger partial charge in [0.2, 0.25) is 5.91 Å². The first-order valence-electron chi connectivity index (χ1n) is 6.70. The molecule has 0 saturated heterocycles. The highest BCUT2D eigenvalue weighted by Gasteiger charge is 2.45. The molecule has 2 rings (SSSR count). The summed E-state index contributed by atoms with van der Waals surface area (Å²) in [6.07, 6.45) is 0.117. The molecule has 0 aromatic heterocycles. The van der Waals surface area contributed by atoms with Crippen LogP contribution in [0.1, 0.15) is 17.9 Å². The number of hydrogen-bond donors (Lipinski definition) is 1. The Morgan fingerprint density at radius 2 is 2.15 bits per heavy atom. The molecule has 1 aliphatic rings. The largest absolute Gasteiger partial charge is 0.389 e. The first-order valence-corrected chi connectivity index (χ1v) is 6.70. The Hall–Kier alpha value is -1.46. The van der Waals surface area contributed by atoms with E-state index in [-0.39, 0.29) is 36.7 Å². The fraction of sp³-hybridized carbons (Fsp3) is 0.533. The number of amides is 1. The molecule has 4 nitrogen and oxygen atoms in total. The minimum absolute atomic E-state index is 0.0227. The molecule has 0 spiro atoms. The lowest BCUT2D eigenvalue weighted by atomic mass is 10.1. The van der Waals surface area contributed by atoms with Gasteiger partial charge in [-0.3, -0.25) is 4.79 Å². The molecule has 110 valence electrons. The van der Waals surface area contributed by atoms with Crippen LogP contribution < -0.4 is 0 Å². The number of rotatable bonds is 6. The molecule has 5 heteroatoms. The Morgan fingerprint density at radius 3 is 2.75 bits per heavy atom. The number of aliphatic hydroxyl groups is 1. The van der Waals surface area contributed by atoms with Crippen LogP contribution in [-0.4, -0.2) is 49.3 Å². The monoisotopic (exact) mass is 281 g/mol. The van der Waals surface area contributed by atoms with Crippen molar-refractivity contribution in [3.05, 3.63) is 35.6 Å². The van der Waals surface area contributed by atoms with Crippen LogP contribution in [0.4, 0.5) is 4.39 Å². The number of methoxy groups -OCH3 is 1. The Morgan fingerprint density at radius 1 is 1.50 bits per heavy atom. The molecule has 1 N–H and O–H groups in total. The Bertz CT molecular complexity index is 463. The molecule has 0 bridgehead atoms. The highest BCUT2D eigenvalue weighted by Crippen LogP contribution is 2.48. The summed E-state index contributed by atoms with van der Waals surface area (Å²) in [7, 11) is 3.19. The summed E-state index contributed by atoms with van der Waals surface area (Å²) in [6.45, 7) is 0.475. The second-order valence-electron chi connectivity index (χ2n) is 5.33. The van der Waals surface area contributed by atoms with Crippen LogP contribution in [-0.2, 0) is 9.53 Å².